The standard InChI is InChI=1S/C23H34FN5O.HI/c1-16-26-10-11-29(16)20-9-8-17(13-19(20)24)14-27-22(25-5)28-15-18-7-6-12-30-21(18)23(2,3)4;/h8-11,13,18,21H,6-7,12,14-15H2,1-5H3,(H2,25,27,28);1H. The molecule has 8 heteroatoms. The van der Waals surface area contributed by atoms with E-state index in [0.29, 0.717) is 24.1 Å². The van der Waals surface area contributed by atoms with Crippen LogP contribution < -0.4 is 10.6 Å². The fraction of sp³-hybridized carbons (Fsp3) is 0.565. The van der Waals surface area contributed by atoms with E-state index in [-0.39, 0.29) is 41.3 Å². The number of hydrogen-bond acceptors (Lipinski definition) is 3. The monoisotopic (exact) mass is 543 g/mol. The van der Waals surface area contributed by atoms with Gasteiger partial charge in [0.25, 0.3) is 0 Å². The minimum absolute atomic E-state index is 0. The van der Waals surface area contributed by atoms with Gasteiger partial charge < -0.3 is 19.9 Å². The van der Waals surface area contributed by atoms with Gasteiger partial charge in [-0.1, -0.05) is 26.8 Å². The van der Waals surface area contributed by atoms with Crippen LogP contribution in [-0.4, -0.2) is 41.8 Å². The third-order valence-electron chi connectivity index (χ3n) is 5.61. The summed E-state index contributed by atoms with van der Waals surface area (Å²) in [6, 6.07) is 5.26. The summed E-state index contributed by atoms with van der Waals surface area (Å²) in [7, 11) is 1.75. The van der Waals surface area contributed by atoms with Crippen molar-refractivity contribution in [2.24, 2.45) is 16.3 Å². The van der Waals surface area contributed by atoms with Crippen molar-refractivity contribution in [1.82, 2.24) is 20.2 Å². The van der Waals surface area contributed by atoms with E-state index in [1.165, 1.54) is 0 Å². The van der Waals surface area contributed by atoms with Gasteiger partial charge in [0.15, 0.2) is 5.96 Å². The van der Waals surface area contributed by atoms with Crippen LogP contribution in [0.4, 0.5) is 4.39 Å². The Morgan fingerprint density at radius 2 is 2.10 bits per heavy atom. The molecule has 1 aromatic carbocycles. The Bertz CT molecular complexity index is 877. The van der Waals surface area contributed by atoms with E-state index in [0.717, 1.165) is 37.4 Å². The number of halogens is 2. The minimum Gasteiger partial charge on any atom is -0.377 e. The first-order valence-electron chi connectivity index (χ1n) is 10.6. The Hall–Kier alpha value is -1.68. The lowest BCUT2D eigenvalue weighted by Gasteiger charge is -2.40. The lowest BCUT2D eigenvalue weighted by Crippen LogP contribution is -2.47. The van der Waals surface area contributed by atoms with Gasteiger partial charge in [-0.05, 0) is 42.9 Å². The summed E-state index contributed by atoms with van der Waals surface area (Å²) in [4.78, 5) is 8.47. The summed E-state index contributed by atoms with van der Waals surface area (Å²) in [6.07, 6.45) is 5.89. The number of guanidine groups is 1. The van der Waals surface area contributed by atoms with Crippen LogP contribution in [0.15, 0.2) is 35.6 Å². The number of rotatable bonds is 5. The number of aliphatic imine (C=N–C) groups is 1. The van der Waals surface area contributed by atoms with E-state index < -0.39 is 0 Å². The molecule has 6 nitrogen and oxygen atoms in total. The second-order valence-electron chi connectivity index (χ2n) is 9.00. The molecule has 0 radical (unpaired) electrons. The zero-order valence-electron chi connectivity index (χ0n) is 19.1. The van der Waals surface area contributed by atoms with E-state index in [1.807, 2.05) is 13.0 Å². The summed E-state index contributed by atoms with van der Waals surface area (Å²) < 4.78 is 22.4. The molecule has 0 amide bonds. The highest BCUT2D eigenvalue weighted by molar-refractivity contribution is 14.0. The van der Waals surface area contributed by atoms with Crippen LogP contribution in [0.2, 0.25) is 0 Å². The molecular formula is C23H35FIN5O. The predicted octanol–water partition coefficient (Wildman–Crippen LogP) is 4.44. The Labute approximate surface area is 202 Å². The van der Waals surface area contributed by atoms with Gasteiger partial charge in [0.1, 0.15) is 11.6 Å². The molecule has 31 heavy (non-hydrogen) atoms. The lowest BCUT2D eigenvalue weighted by atomic mass is 9.78. The first kappa shape index (κ1) is 25.6. The SMILES string of the molecule is CN=C(NCc1ccc(-n2ccnc2C)c(F)c1)NCC1CCCOC1C(C)(C)C.I. The molecule has 2 N–H and O–H groups in total. The van der Waals surface area contributed by atoms with Crippen molar-refractivity contribution < 1.29 is 9.13 Å². The maximum atomic E-state index is 14.6. The Morgan fingerprint density at radius 3 is 2.71 bits per heavy atom. The van der Waals surface area contributed by atoms with Gasteiger partial charge in [-0.25, -0.2) is 9.37 Å². The number of benzene rings is 1. The highest BCUT2D eigenvalue weighted by atomic mass is 127. The van der Waals surface area contributed by atoms with Crippen LogP contribution in [0.5, 0.6) is 0 Å². The van der Waals surface area contributed by atoms with E-state index in [1.54, 1.807) is 36.1 Å². The third kappa shape index (κ3) is 6.65. The lowest BCUT2D eigenvalue weighted by molar-refractivity contribution is -0.0835. The smallest absolute Gasteiger partial charge is 0.191 e. The molecule has 1 aliphatic rings. The maximum absolute atomic E-state index is 14.6. The largest absolute Gasteiger partial charge is 0.377 e. The van der Waals surface area contributed by atoms with Crippen LogP contribution >= 0.6 is 24.0 Å². The first-order chi connectivity index (χ1) is 14.3. The molecular weight excluding hydrogens is 508 g/mol. The quantitative estimate of drug-likeness (QED) is 0.333. The third-order valence-corrected chi connectivity index (χ3v) is 5.61. The molecule has 3 rings (SSSR count). The summed E-state index contributed by atoms with van der Waals surface area (Å²) in [5.41, 5.74) is 1.46. The van der Waals surface area contributed by atoms with Gasteiger partial charge in [0.2, 0.25) is 0 Å². The van der Waals surface area contributed by atoms with Gasteiger partial charge >= 0.3 is 0 Å². The number of imidazole rings is 1. The second-order valence-corrected chi connectivity index (χ2v) is 9.00. The Balaban J connectivity index is 0.00000341. The molecule has 1 saturated heterocycles. The van der Waals surface area contributed by atoms with Gasteiger partial charge in [0.05, 0.1) is 11.8 Å². The van der Waals surface area contributed by atoms with Gasteiger partial charge in [-0.15, -0.1) is 24.0 Å². The zero-order valence-corrected chi connectivity index (χ0v) is 21.4. The van der Waals surface area contributed by atoms with Crippen molar-refractivity contribution in [2.45, 2.75) is 53.2 Å². The van der Waals surface area contributed by atoms with Crippen LogP contribution in [0, 0.1) is 24.1 Å². The van der Waals surface area contributed by atoms with Crippen LogP contribution in [0.1, 0.15) is 45.0 Å². The average Bonchev–Trinajstić information content (AvgIpc) is 3.13. The number of nitrogens with zero attached hydrogens (tertiary/aromatic N) is 3. The van der Waals surface area contributed by atoms with E-state index in [9.17, 15) is 4.39 Å². The summed E-state index contributed by atoms with van der Waals surface area (Å²) in [6.45, 7) is 10.7. The fourth-order valence-corrected chi connectivity index (χ4v) is 4.13. The van der Waals surface area contributed by atoms with Crippen LogP contribution in [0.25, 0.3) is 5.69 Å². The maximum Gasteiger partial charge on any atom is 0.191 e. The summed E-state index contributed by atoms with van der Waals surface area (Å²) >= 11 is 0. The molecule has 2 heterocycles. The molecule has 1 aliphatic heterocycles. The molecule has 1 aromatic heterocycles. The number of aromatic nitrogens is 2. The fourth-order valence-electron chi connectivity index (χ4n) is 4.13. The topological polar surface area (TPSA) is 63.5 Å². The van der Waals surface area contributed by atoms with Crippen molar-refractivity contribution in [3.63, 3.8) is 0 Å². The minimum atomic E-state index is -0.272. The molecule has 2 aromatic rings. The van der Waals surface area contributed by atoms with Crippen molar-refractivity contribution in [2.75, 3.05) is 20.2 Å². The average molecular weight is 543 g/mol. The highest BCUT2D eigenvalue weighted by Gasteiger charge is 2.35. The molecule has 0 aliphatic carbocycles. The number of hydrogen-bond donors (Lipinski definition) is 2. The van der Waals surface area contributed by atoms with Crippen molar-refractivity contribution in [3.8, 4) is 5.69 Å². The molecule has 0 spiro atoms. The highest BCUT2D eigenvalue weighted by Crippen LogP contribution is 2.33. The molecule has 172 valence electrons. The van der Waals surface area contributed by atoms with Gasteiger partial charge in [-0.3, -0.25) is 4.99 Å². The van der Waals surface area contributed by atoms with Gasteiger partial charge in [0, 0.05) is 45.1 Å². The van der Waals surface area contributed by atoms with Crippen LogP contribution in [0.3, 0.4) is 0 Å². The predicted molar refractivity (Wildman–Crippen MR) is 134 cm³/mol. The molecule has 0 saturated carbocycles. The van der Waals surface area contributed by atoms with Gasteiger partial charge in [-0.2, -0.15) is 0 Å². The van der Waals surface area contributed by atoms with Crippen LogP contribution in [-0.2, 0) is 11.3 Å². The summed E-state index contributed by atoms with van der Waals surface area (Å²) in [5, 5.41) is 6.70. The molecule has 2 unspecified atom stereocenters. The van der Waals surface area contributed by atoms with E-state index >= 15 is 0 Å². The molecule has 0 bridgehead atoms. The number of nitrogens with one attached hydrogen (secondary N) is 2. The molecule has 1 fully saturated rings. The normalized spacial score (nSPS) is 19.6. The molecule has 2 atom stereocenters. The zero-order chi connectivity index (χ0) is 21.7. The van der Waals surface area contributed by atoms with E-state index in [4.69, 9.17) is 4.74 Å². The van der Waals surface area contributed by atoms with Crippen molar-refractivity contribution in [1.29, 1.82) is 0 Å². The number of ether oxygens (including phenoxy) is 1. The summed E-state index contributed by atoms with van der Waals surface area (Å²) in [5.74, 6) is 1.63. The Morgan fingerprint density at radius 1 is 1.32 bits per heavy atom. The second kappa shape index (κ2) is 11.3. The van der Waals surface area contributed by atoms with Crippen molar-refractivity contribution in [3.05, 3.63) is 47.8 Å². The number of aryl methyl sites for hydroxylation is 1. The first-order valence-corrected chi connectivity index (χ1v) is 10.6. The van der Waals surface area contributed by atoms with E-state index in [2.05, 4.69) is 41.4 Å². The van der Waals surface area contributed by atoms with Crippen molar-refractivity contribution >= 4 is 29.9 Å². The Kier molecular flexibility index (Phi) is 9.29.